The first-order valence-corrected chi connectivity index (χ1v) is 6.95. The van der Waals surface area contributed by atoms with E-state index in [0.717, 1.165) is 11.3 Å². The molecule has 1 amide bonds. The highest BCUT2D eigenvalue weighted by Crippen LogP contribution is 2.30. The standard InChI is InChI=1S/C16H18ClN3O/c1-10(11-4-3-5-13(18)8-11)20(2)15-7-6-12(17)9-14(15)16(19)21/h3-10H,18H2,1-2H3,(H2,19,21). The second-order valence-electron chi connectivity index (χ2n) is 4.98. The molecule has 0 saturated heterocycles. The summed E-state index contributed by atoms with van der Waals surface area (Å²) in [5.41, 5.74) is 14.2. The molecule has 1 unspecified atom stereocenters. The van der Waals surface area contributed by atoms with E-state index in [-0.39, 0.29) is 6.04 Å². The zero-order valence-corrected chi connectivity index (χ0v) is 12.8. The third-order valence-electron chi connectivity index (χ3n) is 3.58. The van der Waals surface area contributed by atoms with Crippen molar-refractivity contribution in [2.75, 3.05) is 17.7 Å². The Balaban J connectivity index is 2.40. The number of halogens is 1. The Morgan fingerprint density at radius 3 is 2.57 bits per heavy atom. The number of nitrogens with two attached hydrogens (primary N) is 2. The molecule has 0 aromatic heterocycles. The van der Waals surface area contributed by atoms with Crippen LogP contribution in [0.25, 0.3) is 0 Å². The zero-order chi connectivity index (χ0) is 15.6. The molecule has 4 nitrogen and oxygen atoms in total. The molecule has 2 aromatic carbocycles. The van der Waals surface area contributed by atoms with E-state index >= 15 is 0 Å². The summed E-state index contributed by atoms with van der Waals surface area (Å²) in [7, 11) is 1.91. The van der Waals surface area contributed by atoms with Crippen molar-refractivity contribution in [1.29, 1.82) is 0 Å². The van der Waals surface area contributed by atoms with E-state index in [4.69, 9.17) is 23.1 Å². The minimum absolute atomic E-state index is 0.0350. The first-order valence-electron chi connectivity index (χ1n) is 6.57. The molecule has 110 valence electrons. The molecular formula is C16H18ClN3O. The monoisotopic (exact) mass is 303 g/mol. The molecule has 0 heterocycles. The van der Waals surface area contributed by atoms with Crippen LogP contribution in [-0.4, -0.2) is 13.0 Å². The van der Waals surface area contributed by atoms with E-state index < -0.39 is 5.91 Å². The molecular weight excluding hydrogens is 286 g/mol. The summed E-state index contributed by atoms with van der Waals surface area (Å²) in [5, 5.41) is 0.484. The maximum atomic E-state index is 11.6. The van der Waals surface area contributed by atoms with Crippen LogP contribution in [0.3, 0.4) is 0 Å². The summed E-state index contributed by atoms with van der Waals surface area (Å²) in [6.07, 6.45) is 0. The fourth-order valence-corrected chi connectivity index (χ4v) is 2.44. The van der Waals surface area contributed by atoms with Gasteiger partial charge in [0.15, 0.2) is 0 Å². The fraction of sp³-hybridized carbons (Fsp3) is 0.188. The molecule has 2 aromatic rings. The smallest absolute Gasteiger partial charge is 0.250 e. The molecule has 0 aliphatic rings. The zero-order valence-electron chi connectivity index (χ0n) is 12.0. The lowest BCUT2D eigenvalue weighted by Gasteiger charge is -2.29. The van der Waals surface area contributed by atoms with Crippen LogP contribution < -0.4 is 16.4 Å². The first kappa shape index (κ1) is 15.2. The summed E-state index contributed by atoms with van der Waals surface area (Å²) in [4.78, 5) is 13.6. The number of nitrogens with zero attached hydrogens (tertiary/aromatic N) is 1. The van der Waals surface area contributed by atoms with E-state index in [0.29, 0.717) is 16.3 Å². The lowest BCUT2D eigenvalue weighted by Crippen LogP contribution is -2.25. The van der Waals surface area contributed by atoms with Crippen molar-refractivity contribution in [1.82, 2.24) is 0 Å². The summed E-state index contributed by atoms with van der Waals surface area (Å²) < 4.78 is 0. The van der Waals surface area contributed by atoms with Crippen molar-refractivity contribution in [2.45, 2.75) is 13.0 Å². The highest BCUT2D eigenvalue weighted by molar-refractivity contribution is 6.31. The molecule has 21 heavy (non-hydrogen) atoms. The summed E-state index contributed by atoms with van der Waals surface area (Å²) in [5.74, 6) is -0.501. The van der Waals surface area contributed by atoms with Crippen molar-refractivity contribution >= 4 is 28.9 Å². The molecule has 2 rings (SSSR count). The minimum Gasteiger partial charge on any atom is -0.399 e. The number of benzene rings is 2. The van der Waals surface area contributed by atoms with Crippen LogP contribution in [0.15, 0.2) is 42.5 Å². The molecule has 0 spiro atoms. The Hall–Kier alpha value is -2.20. The topological polar surface area (TPSA) is 72.3 Å². The second kappa shape index (κ2) is 6.06. The SMILES string of the molecule is CC(c1cccc(N)c1)N(C)c1ccc(Cl)cc1C(N)=O. The van der Waals surface area contributed by atoms with Crippen molar-refractivity contribution in [3.8, 4) is 0 Å². The van der Waals surface area contributed by atoms with Crippen LogP contribution >= 0.6 is 11.6 Å². The summed E-state index contributed by atoms with van der Waals surface area (Å²) >= 11 is 5.94. The van der Waals surface area contributed by atoms with Crippen molar-refractivity contribution in [3.63, 3.8) is 0 Å². The van der Waals surface area contributed by atoms with Gasteiger partial charge in [-0.1, -0.05) is 23.7 Å². The number of rotatable bonds is 4. The largest absolute Gasteiger partial charge is 0.399 e. The number of anilines is 2. The normalized spacial score (nSPS) is 12.0. The van der Waals surface area contributed by atoms with E-state index in [2.05, 4.69) is 0 Å². The molecule has 5 heteroatoms. The van der Waals surface area contributed by atoms with Crippen molar-refractivity contribution in [2.24, 2.45) is 5.73 Å². The van der Waals surface area contributed by atoms with Gasteiger partial charge in [0, 0.05) is 23.4 Å². The number of carbonyl (C=O) groups is 1. The van der Waals surface area contributed by atoms with Gasteiger partial charge in [-0.15, -0.1) is 0 Å². The summed E-state index contributed by atoms with van der Waals surface area (Å²) in [6.45, 7) is 2.04. The summed E-state index contributed by atoms with van der Waals surface area (Å²) in [6, 6.07) is 12.8. The van der Waals surface area contributed by atoms with Crippen LogP contribution in [0.5, 0.6) is 0 Å². The molecule has 0 fully saturated rings. The van der Waals surface area contributed by atoms with Crippen molar-refractivity contribution < 1.29 is 4.79 Å². The Morgan fingerprint density at radius 1 is 1.24 bits per heavy atom. The van der Waals surface area contributed by atoms with Crippen LogP contribution in [0.4, 0.5) is 11.4 Å². The van der Waals surface area contributed by atoms with Crippen LogP contribution in [0.2, 0.25) is 5.02 Å². The van der Waals surface area contributed by atoms with Crippen molar-refractivity contribution in [3.05, 3.63) is 58.6 Å². The Morgan fingerprint density at radius 2 is 1.95 bits per heavy atom. The van der Waals surface area contributed by atoms with Gasteiger partial charge < -0.3 is 16.4 Å². The van der Waals surface area contributed by atoms with Gasteiger partial charge in [0.25, 0.3) is 5.91 Å². The van der Waals surface area contributed by atoms with Gasteiger partial charge in [0.2, 0.25) is 0 Å². The van der Waals surface area contributed by atoms with Gasteiger partial charge in [-0.2, -0.15) is 0 Å². The maximum Gasteiger partial charge on any atom is 0.250 e. The van der Waals surface area contributed by atoms with Crippen LogP contribution in [0, 0.1) is 0 Å². The molecule has 0 bridgehead atoms. The molecule has 0 radical (unpaired) electrons. The van der Waals surface area contributed by atoms with Crippen LogP contribution in [-0.2, 0) is 0 Å². The van der Waals surface area contributed by atoms with Gasteiger partial charge in [-0.05, 0) is 42.8 Å². The Bertz CT molecular complexity index is 672. The van der Waals surface area contributed by atoms with Gasteiger partial charge >= 0.3 is 0 Å². The molecule has 4 N–H and O–H groups in total. The minimum atomic E-state index is -0.501. The maximum absolute atomic E-state index is 11.6. The lowest BCUT2D eigenvalue weighted by atomic mass is 10.0. The van der Waals surface area contributed by atoms with E-state index in [9.17, 15) is 4.79 Å². The molecule has 0 saturated carbocycles. The average Bonchev–Trinajstić information content (AvgIpc) is 2.45. The quantitative estimate of drug-likeness (QED) is 0.852. The highest BCUT2D eigenvalue weighted by atomic mass is 35.5. The number of hydrogen-bond donors (Lipinski definition) is 2. The van der Waals surface area contributed by atoms with Gasteiger partial charge in [-0.25, -0.2) is 0 Å². The number of hydrogen-bond acceptors (Lipinski definition) is 3. The molecule has 0 aliphatic carbocycles. The number of primary amides is 1. The van der Waals surface area contributed by atoms with E-state index in [1.165, 1.54) is 0 Å². The Kier molecular flexibility index (Phi) is 4.38. The van der Waals surface area contributed by atoms with Gasteiger partial charge in [-0.3, -0.25) is 4.79 Å². The third-order valence-corrected chi connectivity index (χ3v) is 3.81. The lowest BCUT2D eigenvalue weighted by molar-refractivity contribution is 0.100. The van der Waals surface area contributed by atoms with E-state index in [1.54, 1.807) is 18.2 Å². The van der Waals surface area contributed by atoms with Gasteiger partial charge in [0.1, 0.15) is 0 Å². The highest BCUT2D eigenvalue weighted by Gasteiger charge is 2.18. The fourth-order valence-electron chi connectivity index (χ4n) is 2.26. The Labute approximate surface area is 129 Å². The second-order valence-corrected chi connectivity index (χ2v) is 5.42. The molecule has 0 aliphatic heterocycles. The number of nitrogen functional groups attached to an aromatic ring is 1. The predicted molar refractivity (Wildman–Crippen MR) is 87.6 cm³/mol. The van der Waals surface area contributed by atoms with Crippen LogP contribution in [0.1, 0.15) is 28.9 Å². The number of amides is 1. The number of carbonyl (C=O) groups excluding carboxylic acids is 1. The predicted octanol–water partition coefficient (Wildman–Crippen LogP) is 3.22. The van der Waals surface area contributed by atoms with Gasteiger partial charge in [0.05, 0.1) is 11.6 Å². The van der Waals surface area contributed by atoms with E-state index in [1.807, 2.05) is 43.1 Å². The molecule has 1 atom stereocenters. The average molecular weight is 304 g/mol. The third kappa shape index (κ3) is 3.28. The first-order chi connectivity index (χ1) is 9.90.